The predicted octanol–water partition coefficient (Wildman–Crippen LogP) is 5.10. The molecular weight excluding hydrogens is 312 g/mol. The lowest BCUT2D eigenvalue weighted by molar-refractivity contribution is -0.140. The SMILES string of the molecule is Cc1ccc(OC(=O)C2CCC(C3CCC(C[Si])CC3)CC2)cc1. The minimum absolute atomic E-state index is 0.0277. The van der Waals surface area contributed by atoms with Crippen LogP contribution < -0.4 is 4.74 Å². The number of esters is 1. The van der Waals surface area contributed by atoms with E-state index in [1.54, 1.807) is 0 Å². The van der Waals surface area contributed by atoms with E-state index in [0.29, 0.717) is 5.75 Å². The number of carbonyl (C=O) groups is 1. The van der Waals surface area contributed by atoms with Crippen LogP contribution in [-0.2, 0) is 4.79 Å². The summed E-state index contributed by atoms with van der Waals surface area (Å²) in [5.74, 6) is 3.37. The fraction of sp³-hybridized carbons (Fsp3) is 0.667. The number of ether oxygens (including phenoxy) is 1. The first-order chi connectivity index (χ1) is 11.7. The summed E-state index contributed by atoms with van der Waals surface area (Å²) in [4.78, 5) is 12.4. The van der Waals surface area contributed by atoms with Crippen LogP contribution in [0.25, 0.3) is 0 Å². The van der Waals surface area contributed by atoms with Crippen LogP contribution in [0.4, 0.5) is 0 Å². The Bertz CT molecular complexity index is 523. The molecular formula is C21H29O2Si. The quantitative estimate of drug-likeness (QED) is 0.433. The number of hydrogen-bond acceptors (Lipinski definition) is 2. The minimum Gasteiger partial charge on any atom is -0.426 e. The summed E-state index contributed by atoms with van der Waals surface area (Å²) in [6.45, 7) is 2.04. The van der Waals surface area contributed by atoms with Gasteiger partial charge < -0.3 is 4.74 Å². The molecule has 3 rings (SSSR count). The lowest BCUT2D eigenvalue weighted by Crippen LogP contribution is -2.30. The summed E-state index contributed by atoms with van der Waals surface area (Å²) in [5, 5.41) is 0. The Labute approximate surface area is 149 Å². The average molecular weight is 342 g/mol. The zero-order valence-electron chi connectivity index (χ0n) is 14.8. The van der Waals surface area contributed by atoms with E-state index in [0.717, 1.165) is 36.6 Å². The molecule has 0 atom stereocenters. The Morgan fingerprint density at radius 1 is 0.958 bits per heavy atom. The number of hydrogen-bond donors (Lipinski definition) is 0. The third-order valence-electron chi connectivity index (χ3n) is 6.19. The van der Waals surface area contributed by atoms with E-state index >= 15 is 0 Å². The minimum atomic E-state index is -0.0277. The molecule has 2 fully saturated rings. The molecule has 0 N–H and O–H groups in total. The zero-order valence-corrected chi connectivity index (χ0v) is 15.8. The summed E-state index contributed by atoms with van der Waals surface area (Å²) in [5.41, 5.74) is 1.19. The first kappa shape index (κ1) is 17.7. The molecule has 2 aliphatic rings. The van der Waals surface area contributed by atoms with Gasteiger partial charge in [0.05, 0.1) is 5.92 Å². The van der Waals surface area contributed by atoms with Crippen LogP contribution in [0.5, 0.6) is 5.75 Å². The fourth-order valence-corrected chi connectivity index (χ4v) is 4.90. The van der Waals surface area contributed by atoms with Crippen molar-refractivity contribution in [2.45, 2.75) is 64.3 Å². The van der Waals surface area contributed by atoms with Gasteiger partial charge in [-0.1, -0.05) is 36.6 Å². The molecule has 1 aromatic rings. The second-order valence-electron chi connectivity index (χ2n) is 7.83. The van der Waals surface area contributed by atoms with Crippen molar-refractivity contribution in [3.8, 4) is 5.75 Å². The third-order valence-corrected chi connectivity index (χ3v) is 6.77. The molecule has 24 heavy (non-hydrogen) atoms. The van der Waals surface area contributed by atoms with Crippen molar-refractivity contribution in [2.24, 2.45) is 23.7 Å². The first-order valence-corrected chi connectivity index (χ1v) is 10.3. The van der Waals surface area contributed by atoms with Gasteiger partial charge in [-0.25, -0.2) is 0 Å². The maximum Gasteiger partial charge on any atom is 0.314 e. The van der Waals surface area contributed by atoms with Crippen molar-refractivity contribution in [1.82, 2.24) is 0 Å². The molecule has 0 unspecified atom stereocenters. The molecule has 2 aliphatic carbocycles. The van der Waals surface area contributed by atoms with Gasteiger partial charge in [0.1, 0.15) is 5.75 Å². The Kier molecular flexibility index (Phi) is 6.15. The summed E-state index contributed by atoms with van der Waals surface area (Å²) < 4.78 is 5.57. The van der Waals surface area contributed by atoms with Crippen LogP contribution in [-0.4, -0.2) is 16.2 Å². The molecule has 3 heteroatoms. The van der Waals surface area contributed by atoms with Gasteiger partial charge in [0.15, 0.2) is 0 Å². The number of aryl methyl sites for hydroxylation is 1. The van der Waals surface area contributed by atoms with Gasteiger partial charge in [-0.3, -0.25) is 4.79 Å². The van der Waals surface area contributed by atoms with Crippen molar-refractivity contribution in [2.75, 3.05) is 0 Å². The summed E-state index contributed by atoms with van der Waals surface area (Å²) in [6.07, 6.45) is 9.96. The lowest BCUT2D eigenvalue weighted by atomic mass is 9.69. The molecule has 3 radical (unpaired) electrons. The maximum atomic E-state index is 12.4. The van der Waals surface area contributed by atoms with Crippen molar-refractivity contribution in [3.05, 3.63) is 29.8 Å². The van der Waals surface area contributed by atoms with E-state index in [1.807, 2.05) is 31.2 Å². The maximum absolute atomic E-state index is 12.4. The van der Waals surface area contributed by atoms with Crippen LogP contribution in [0.3, 0.4) is 0 Å². The Morgan fingerprint density at radius 3 is 2.04 bits per heavy atom. The van der Waals surface area contributed by atoms with Crippen molar-refractivity contribution in [3.63, 3.8) is 0 Å². The number of rotatable bonds is 4. The van der Waals surface area contributed by atoms with Gasteiger partial charge in [0.2, 0.25) is 0 Å². The average Bonchev–Trinajstić information content (AvgIpc) is 2.64. The first-order valence-electron chi connectivity index (χ1n) is 9.58. The highest BCUT2D eigenvalue weighted by molar-refractivity contribution is 6.08. The van der Waals surface area contributed by atoms with Crippen LogP contribution in [0.1, 0.15) is 56.9 Å². The Morgan fingerprint density at radius 2 is 1.50 bits per heavy atom. The van der Waals surface area contributed by atoms with Crippen LogP contribution >= 0.6 is 0 Å². The van der Waals surface area contributed by atoms with Gasteiger partial charge in [-0.2, -0.15) is 0 Å². The fourth-order valence-electron chi connectivity index (χ4n) is 4.50. The van der Waals surface area contributed by atoms with Crippen LogP contribution in [0.15, 0.2) is 24.3 Å². The second kappa shape index (κ2) is 8.33. The van der Waals surface area contributed by atoms with E-state index in [-0.39, 0.29) is 11.9 Å². The summed E-state index contributed by atoms with van der Waals surface area (Å²) >= 11 is 0. The normalized spacial score (nSPS) is 30.8. The lowest BCUT2D eigenvalue weighted by Gasteiger charge is -2.37. The number of carbonyl (C=O) groups excluding carboxylic acids is 1. The van der Waals surface area contributed by atoms with E-state index in [4.69, 9.17) is 4.74 Å². The van der Waals surface area contributed by atoms with Crippen LogP contribution in [0.2, 0.25) is 6.04 Å². The van der Waals surface area contributed by atoms with Crippen molar-refractivity contribution < 1.29 is 9.53 Å². The smallest absolute Gasteiger partial charge is 0.314 e. The molecule has 1 aromatic carbocycles. The van der Waals surface area contributed by atoms with E-state index in [9.17, 15) is 4.79 Å². The second-order valence-corrected chi connectivity index (χ2v) is 8.24. The zero-order chi connectivity index (χ0) is 16.9. The summed E-state index contributed by atoms with van der Waals surface area (Å²) in [6, 6.07) is 8.91. The van der Waals surface area contributed by atoms with Gasteiger partial charge in [-0.15, -0.1) is 0 Å². The van der Waals surface area contributed by atoms with E-state index in [1.165, 1.54) is 44.1 Å². The topological polar surface area (TPSA) is 26.3 Å². The highest BCUT2D eigenvalue weighted by Crippen LogP contribution is 2.42. The molecule has 2 saturated carbocycles. The Balaban J connectivity index is 1.44. The van der Waals surface area contributed by atoms with Gasteiger partial charge in [-0.05, 0) is 75.3 Å². The Hall–Kier alpha value is -1.09. The third kappa shape index (κ3) is 4.50. The van der Waals surface area contributed by atoms with Crippen molar-refractivity contribution >= 4 is 16.2 Å². The molecule has 0 heterocycles. The molecule has 0 aromatic heterocycles. The van der Waals surface area contributed by atoms with Gasteiger partial charge in [0, 0.05) is 10.2 Å². The molecule has 0 spiro atoms. The molecule has 129 valence electrons. The molecule has 0 saturated heterocycles. The van der Waals surface area contributed by atoms with Gasteiger partial charge >= 0.3 is 5.97 Å². The largest absolute Gasteiger partial charge is 0.426 e. The van der Waals surface area contributed by atoms with E-state index in [2.05, 4.69) is 10.2 Å². The van der Waals surface area contributed by atoms with Crippen LogP contribution in [0, 0.1) is 30.6 Å². The number of benzene rings is 1. The standard InChI is InChI=1S/C21H29O2Si/c1-15-2-12-20(13-3-15)23-21(22)19-10-8-18(9-11-19)17-6-4-16(14-24)5-7-17/h2-3,12-13,16-19H,4-11,14H2,1H3. The van der Waals surface area contributed by atoms with Crippen molar-refractivity contribution in [1.29, 1.82) is 0 Å². The molecule has 2 nitrogen and oxygen atoms in total. The molecule has 0 amide bonds. The molecule has 0 aliphatic heterocycles. The van der Waals surface area contributed by atoms with Gasteiger partial charge in [0.25, 0.3) is 0 Å². The highest BCUT2D eigenvalue weighted by Gasteiger charge is 2.33. The van der Waals surface area contributed by atoms with E-state index < -0.39 is 0 Å². The monoisotopic (exact) mass is 341 g/mol. The highest BCUT2D eigenvalue weighted by atomic mass is 28.1. The summed E-state index contributed by atoms with van der Waals surface area (Å²) in [7, 11) is 3.68. The molecule has 0 bridgehead atoms. The predicted molar refractivity (Wildman–Crippen MR) is 98.3 cm³/mol.